The number of carbonyl (C=O) groups excluding carboxylic acids is 1. The van der Waals surface area contributed by atoms with E-state index in [2.05, 4.69) is 42.4 Å². The first-order valence-corrected chi connectivity index (χ1v) is 11.8. The van der Waals surface area contributed by atoms with Gasteiger partial charge in [0.1, 0.15) is 12.4 Å². The van der Waals surface area contributed by atoms with Crippen molar-refractivity contribution in [2.45, 2.75) is 13.5 Å². The summed E-state index contributed by atoms with van der Waals surface area (Å²) in [5.41, 5.74) is 5.72. The molecule has 0 atom stereocenters. The molecule has 0 heterocycles. The summed E-state index contributed by atoms with van der Waals surface area (Å²) in [6.45, 7) is 2.37. The van der Waals surface area contributed by atoms with Gasteiger partial charge >= 0.3 is 0 Å². The van der Waals surface area contributed by atoms with E-state index in [-0.39, 0.29) is 5.91 Å². The Bertz CT molecular complexity index is 1150. The zero-order valence-corrected chi connectivity index (χ0v) is 22.3. The third-order valence-electron chi connectivity index (χ3n) is 4.81. The van der Waals surface area contributed by atoms with Gasteiger partial charge in [-0.1, -0.05) is 12.1 Å². The van der Waals surface area contributed by atoms with Crippen LogP contribution in [0.15, 0.2) is 62.6 Å². The van der Waals surface area contributed by atoms with Crippen molar-refractivity contribution in [2.75, 3.05) is 21.3 Å². The Balaban J connectivity index is 1.62. The standard InChI is InChI=1S/C25H24Br2N2O5/c1-15-9-19(26)23(20(27)10-15)34-14-16-5-7-18(8-6-16)25(30)29-28-13-17-11-21(31-2)24(33-4)22(12-17)32-3/h5-13H,14H2,1-4H3,(H,29,30). The number of ether oxygens (including phenoxy) is 4. The summed E-state index contributed by atoms with van der Waals surface area (Å²) >= 11 is 7.05. The molecule has 0 spiro atoms. The number of hydrazone groups is 1. The van der Waals surface area contributed by atoms with E-state index in [0.717, 1.165) is 25.8 Å². The number of halogens is 2. The van der Waals surface area contributed by atoms with Crippen LogP contribution in [0.3, 0.4) is 0 Å². The molecule has 0 saturated carbocycles. The summed E-state index contributed by atoms with van der Waals surface area (Å²) in [4.78, 5) is 12.5. The number of hydrogen-bond donors (Lipinski definition) is 1. The molecule has 0 saturated heterocycles. The minimum Gasteiger partial charge on any atom is -0.493 e. The number of nitrogens with zero attached hydrogens (tertiary/aromatic N) is 1. The van der Waals surface area contributed by atoms with Gasteiger partial charge in [-0.3, -0.25) is 4.79 Å². The topological polar surface area (TPSA) is 78.4 Å². The number of carbonyl (C=O) groups is 1. The fourth-order valence-electron chi connectivity index (χ4n) is 3.14. The lowest BCUT2D eigenvalue weighted by Gasteiger charge is -2.12. The third kappa shape index (κ3) is 6.30. The van der Waals surface area contributed by atoms with Gasteiger partial charge in [0.15, 0.2) is 11.5 Å². The Hall–Kier alpha value is -3.04. The van der Waals surface area contributed by atoms with E-state index < -0.39 is 0 Å². The number of benzene rings is 3. The molecule has 0 aliphatic carbocycles. The second kappa shape index (κ2) is 11.9. The molecule has 3 rings (SSSR count). The molecule has 7 nitrogen and oxygen atoms in total. The van der Waals surface area contributed by atoms with Crippen LogP contribution in [0.2, 0.25) is 0 Å². The average Bonchev–Trinajstić information content (AvgIpc) is 2.82. The van der Waals surface area contributed by atoms with Gasteiger partial charge in [-0.15, -0.1) is 0 Å². The predicted octanol–water partition coefficient (Wildman–Crippen LogP) is 5.89. The van der Waals surface area contributed by atoms with Crippen LogP contribution in [-0.2, 0) is 6.61 Å². The molecular weight excluding hydrogens is 568 g/mol. The van der Waals surface area contributed by atoms with Gasteiger partial charge in [-0.05, 0) is 86.3 Å². The monoisotopic (exact) mass is 590 g/mol. The minimum absolute atomic E-state index is 0.333. The molecule has 0 aliphatic heterocycles. The minimum atomic E-state index is -0.333. The zero-order valence-electron chi connectivity index (χ0n) is 19.1. The summed E-state index contributed by atoms with van der Waals surface area (Å²) < 4.78 is 23.6. The maximum absolute atomic E-state index is 12.5. The molecule has 3 aromatic rings. The van der Waals surface area contributed by atoms with Crippen molar-refractivity contribution in [3.63, 3.8) is 0 Å². The molecular formula is C25H24Br2N2O5. The fraction of sp³-hybridized carbons (Fsp3) is 0.200. The molecule has 178 valence electrons. The fourth-order valence-corrected chi connectivity index (χ4v) is 4.78. The highest BCUT2D eigenvalue weighted by atomic mass is 79.9. The number of hydrogen-bond acceptors (Lipinski definition) is 6. The zero-order chi connectivity index (χ0) is 24.7. The van der Waals surface area contributed by atoms with Gasteiger partial charge in [0.25, 0.3) is 5.91 Å². The Morgan fingerprint density at radius 1 is 0.912 bits per heavy atom. The lowest BCUT2D eigenvalue weighted by atomic mass is 10.1. The second-order valence-corrected chi connectivity index (χ2v) is 8.91. The van der Waals surface area contributed by atoms with Gasteiger partial charge in [0.05, 0.1) is 36.5 Å². The Labute approximate surface area is 215 Å². The van der Waals surface area contributed by atoms with Crippen molar-refractivity contribution in [3.05, 3.63) is 79.7 Å². The first-order valence-electron chi connectivity index (χ1n) is 10.2. The number of methoxy groups -OCH3 is 3. The molecule has 1 N–H and O–H groups in total. The summed E-state index contributed by atoms with van der Waals surface area (Å²) in [5.74, 6) is 1.88. The number of amides is 1. The normalized spacial score (nSPS) is 10.8. The summed E-state index contributed by atoms with van der Waals surface area (Å²) in [7, 11) is 4.60. The summed E-state index contributed by atoms with van der Waals surface area (Å²) in [6.07, 6.45) is 1.50. The van der Waals surface area contributed by atoms with Crippen molar-refractivity contribution in [3.8, 4) is 23.0 Å². The highest BCUT2D eigenvalue weighted by Gasteiger charge is 2.13. The van der Waals surface area contributed by atoms with Crippen molar-refractivity contribution in [2.24, 2.45) is 5.10 Å². The molecule has 0 fully saturated rings. The smallest absolute Gasteiger partial charge is 0.271 e. The highest BCUT2D eigenvalue weighted by molar-refractivity contribution is 9.11. The van der Waals surface area contributed by atoms with E-state index >= 15 is 0 Å². The van der Waals surface area contributed by atoms with E-state index in [9.17, 15) is 4.79 Å². The molecule has 0 aromatic heterocycles. The van der Waals surface area contributed by atoms with Crippen molar-refractivity contribution in [1.82, 2.24) is 5.43 Å². The summed E-state index contributed by atoms with van der Waals surface area (Å²) in [5, 5.41) is 4.04. The van der Waals surface area contributed by atoms with Crippen LogP contribution >= 0.6 is 31.9 Å². The van der Waals surface area contributed by atoms with Crippen LogP contribution in [0.1, 0.15) is 27.0 Å². The van der Waals surface area contributed by atoms with Gasteiger partial charge in [0.2, 0.25) is 5.75 Å². The maximum Gasteiger partial charge on any atom is 0.271 e. The van der Waals surface area contributed by atoms with Crippen molar-refractivity contribution < 1.29 is 23.7 Å². The van der Waals surface area contributed by atoms with Crippen LogP contribution in [0.4, 0.5) is 0 Å². The molecule has 0 bridgehead atoms. The quantitative estimate of drug-likeness (QED) is 0.248. The molecule has 3 aromatic carbocycles. The Kier molecular flexibility index (Phi) is 8.95. The third-order valence-corrected chi connectivity index (χ3v) is 5.99. The molecule has 9 heteroatoms. The maximum atomic E-state index is 12.5. The molecule has 1 amide bonds. The first kappa shape index (κ1) is 25.6. The van der Waals surface area contributed by atoms with Gasteiger partial charge in [0, 0.05) is 11.1 Å². The van der Waals surface area contributed by atoms with Crippen LogP contribution in [0.25, 0.3) is 0 Å². The van der Waals surface area contributed by atoms with Crippen LogP contribution < -0.4 is 24.4 Å². The lowest BCUT2D eigenvalue weighted by Crippen LogP contribution is -2.17. The Morgan fingerprint density at radius 2 is 1.50 bits per heavy atom. The first-order chi connectivity index (χ1) is 16.4. The predicted molar refractivity (Wildman–Crippen MR) is 139 cm³/mol. The number of nitrogens with one attached hydrogen (secondary N) is 1. The largest absolute Gasteiger partial charge is 0.493 e. The van der Waals surface area contributed by atoms with Crippen LogP contribution in [-0.4, -0.2) is 33.5 Å². The van der Waals surface area contributed by atoms with Crippen molar-refractivity contribution in [1.29, 1.82) is 0 Å². The van der Waals surface area contributed by atoms with Gasteiger partial charge in [-0.25, -0.2) is 5.43 Å². The highest BCUT2D eigenvalue weighted by Crippen LogP contribution is 2.38. The van der Waals surface area contributed by atoms with Gasteiger partial charge in [-0.2, -0.15) is 5.10 Å². The van der Waals surface area contributed by atoms with Crippen LogP contribution in [0.5, 0.6) is 23.0 Å². The molecule has 0 aliphatic rings. The lowest BCUT2D eigenvalue weighted by molar-refractivity contribution is 0.0955. The van der Waals surface area contributed by atoms with E-state index in [1.807, 2.05) is 31.2 Å². The van der Waals surface area contributed by atoms with Crippen LogP contribution in [0, 0.1) is 6.92 Å². The van der Waals surface area contributed by atoms with E-state index in [1.165, 1.54) is 27.5 Å². The van der Waals surface area contributed by atoms with E-state index in [0.29, 0.717) is 35.0 Å². The summed E-state index contributed by atoms with van der Waals surface area (Å²) in [6, 6.07) is 14.6. The average molecular weight is 592 g/mol. The van der Waals surface area contributed by atoms with Crippen molar-refractivity contribution >= 4 is 44.0 Å². The molecule has 0 radical (unpaired) electrons. The van der Waals surface area contributed by atoms with Gasteiger partial charge < -0.3 is 18.9 Å². The Morgan fingerprint density at radius 3 is 2.03 bits per heavy atom. The number of aryl methyl sites for hydroxylation is 1. The second-order valence-electron chi connectivity index (χ2n) is 7.20. The number of rotatable bonds is 9. The molecule has 34 heavy (non-hydrogen) atoms. The van der Waals surface area contributed by atoms with E-state index in [4.69, 9.17) is 18.9 Å². The van der Waals surface area contributed by atoms with E-state index in [1.54, 1.807) is 24.3 Å². The molecule has 0 unspecified atom stereocenters. The SMILES string of the molecule is COc1cc(C=NNC(=O)c2ccc(COc3c(Br)cc(C)cc3Br)cc2)cc(OC)c1OC.